The summed E-state index contributed by atoms with van der Waals surface area (Å²) in [7, 11) is 0. The lowest BCUT2D eigenvalue weighted by atomic mass is 10.0. The van der Waals surface area contributed by atoms with Gasteiger partial charge in [0.15, 0.2) is 0 Å². The van der Waals surface area contributed by atoms with E-state index >= 15 is 0 Å². The van der Waals surface area contributed by atoms with Crippen LogP contribution in [0.15, 0.2) is 54.6 Å². The lowest BCUT2D eigenvalue weighted by molar-refractivity contribution is 0.0545. The van der Waals surface area contributed by atoms with Crippen LogP contribution in [-0.4, -0.2) is 70.0 Å². The van der Waals surface area contributed by atoms with Crippen LogP contribution in [0.2, 0.25) is 0 Å². The van der Waals surface area contributed by atoms with Gasteiger partial charge in [-0.15, -0.1) is 0 Å². The summed E-state index contributed by atoms with van der Waals surface area (Å²) in [5.41, 5.74) is 3.65. The third-order valence-electron chi connectivity index (χ3n) is 6.54. The van der Waals surface area contributed by atoms with E-state index < -0.39 is 0 Å². The molecule has 0 atom stereocenters. The fraction of sp³-hybridized carbons (Fsp3) is 0.458. The van der Waals surface area contributed by atoms with Gasteiger partial charge in [-0.25, -0.2) is 4.98 Å². The number of aromatic amines is 1. The average molecular weight is 390 g/mol. The van der Waals surface area contributed by atoms with E-state index in [0.29, 0.717) is 0 Å². The fourth-order valence-electron chi connectivity index (χ4n) is 4.86. The van der Waals surface area contributed by atoms with Crippen molar-refractivity contribution < 1.29 is 0 Å². The van der Waals surface area contributed by atoms with Crippen molar-refractivity contribution in [2.45, 2.75) is 32.0 Å². The molecule has 0 unspecified atom stereocenters. The summed E-state index contributed by atoms with van der Waals surface area (Å²) < 4.78 is 0. The zero-order chi connectivity index (χ0) is 19.5. The molecule has 5 heteroatoms. The number of hydrogen-bond donors (Lipinski definition) is 1. The van der Waals surface area contributed by atoms with Crippen LogP contribution in [0.1, 0.15) is 24.2 Å². The van der Waals surface area contributed by atoms with E-state index in [2.05, 4.69) is 74.3 Å². The number of imidazole rings is 1. The maximum Gasteiger partial charge on any atom is 0.121 e. The third kappa shape index (κ3) is 4.53. The van der Waals surface area contributed by atoms with Crippen LogP contribution in [0.25, 0.3) is 11.0 Å². The molecule has 2 aliphatic heterocycles. The largest absolute Gasteiger partial charge is 0.341 e. The first kappa shape index (κ1) is 18.8. The predicted molar refractivity (Wildman–Crippen MR) is 118 cm³/mol. The van der Waals surface area contributed by atoms with Gasteiger partial charge in [0.25, 0.3) is 0 Å². The molecule has 5 nitrogen and oxygen atoms in total. The van der Waals surface area contributed by atoms with Gasteiger partial charge in [0, 0.05) is 51.9 Å². The Morgan fingerprint density at radius 2 is 1.45 bits per heavy atom. The van der Waals surface area contributed by atoms with Crippen LogP contribution < -0.4 is 0 Å². The van der Waals surface area contributed by atoms with Gasteiger partial charge in [-0.05, 0) is 30.5 Å². The minimum Gasteiger partial charge on any atom is -0.341 e. The van der Waals surface area contributed by atoms with Gasteiger partial charge in [0.05, 0.1) is 17.6 Å². The van der Waals surface area contributed by atoms with Gasteiger partial charge in [0.2, 0.25) is 0 Å². The Morgan fingerprint density at radius 1 is 0.759 bits per heavy atom. The molecular formula is C24H31N5. The topological polar surface area (TPSA) is 38.4 Å². The molecule has 2 aromatic carbocycles. The first-order valence-electron chi connectivity index (χ1n) is 11.0. The zero-order valence-corrected chi connectivity index (χ0v) is 17.1. The van der Waals surface area contributed by atoms with Crippen molar-refractivity contribution in [3.63, 3.8) is 0 Å². The Morgan fingerprint density at radius 3 is 2.21 bits per heavy atom. The molecule has 2 aliphatic rings. The number of fused-ring (bicyclic) bond motifs is 1. The number of piperidine rings is 1. The molecule has 0 radical (unpaired) electrons. The molecule has 152 valence electrons. The number of nitrogens with one attached hydrogen (secondary N) is 1. The monoisotopic (exact) mass is 389 g/mol. The number of benzene rings is 2. The van der Waals surface area contributed by atoms with E-state index in [1.165, 1.54) is 57.7 Å². The molecule has 1 aromatic heterocycles. The van der Waals surface area contributed by atoms with E-state index in [0.717, 1.165) is 36.0 Å². The van der Waals surface area contributed by atoms with Crippen LogP contribution >= 0.6 is 0 Å². The first-order chi connectivity index (χ1) is 14.3. The maximum atomic E-state index is 4.75. The number of para-hydroxylation sites is 2. The standard InChI is InChI=1S/C24H31N5/c1-2-6-20(7-3-1)18-28-14-16-29(17-15-28)21-10-12-27(13-11-21)19-24-25-22-8-4-5-9-23(22)26-24/h1-9,21H,10-19H2,(H,25,26). The van der Waals surface area contributed by atoms with Crippen molar-refractivity contribution in [1.82, 2.24) is 24.7 Å². The van der Waals surface area contributed by atoms with Gasteiger partial charge in [0.1, 0.15) is 5.82 Å². The summed E-state index contributed by atoms with van der Waals surface area (Å²) in [5.74, 6) is 1.10. The number of piperazine rings is 1. The average Bonchev–Trinajstić information content (AvgIpc) is 3.18. The van der Waals surface area contributed by atoms with Gasteiger partial charge in [-0.1, -0.05) is 42.5 Å². The lowest BCUT2D eigenvalue weighted by Crippen LogP contribution is -2.52. The summed E-state index contributed by atoms with van der Waals surface area (Å²) in [5, 5.41) is 0. The summed E-state index contributed by atoms with van der Waals surface area (Å²) in [6.45, 7) is 9.17. The number of rotatable bonds is 5. The minimum atomic E-state index is 0.751. The lowest BCUT2D eigenvalue weighted by Gasteiger charge is -2.42. The summed E-state index contributed by atoms with van der Waals surface area (Å²) in [6, 6.07) is 19.9. The number of nitrogens with zero attached hydrogens (tertiary/aromatic N) is 4. The van der Waals surface area contributed by atoms with E-state index in [9.17, 15) is 0 Å². The molecule has 0 amide bonds. The molecule has 0 bridgehead atoms. The van der Waals surface area contributed by atoms with Gasteiger partial charge >= 0.3 is 0 Å². The van der Waals surface area contributed by atoms with E-state index in [4.69, 9.17) is 4.98 Å². The van der Waals surface area contributed by atoms with Crippen LogP contribution in [0.4, 0.5) is 0 Å². The van der Waals surface area contributed by atoms with E-state index in [1.807, 2.05) is 0 Å². The molecule has 2 fully saturated rings. The zero-order valence-electron chi connectivity index (χ0n) is 17.1. The molecule has 29 heavy (non-hydrogen) atoms. The molecule has 0 aliphatic carbocycles. The number of aromatic nitrogens is 2. The number of H-pyrrole nitrogens is 1. The highest BCUT2D eigenvalue weighted by Crippen LogP contribution is 2.21. The molecule has 3 aromatic rings. The Bertz CT molecular complexity index is 872. The highest BCUT2D eigenvalue weighted by molar-refractivity contribution is 5.74. The van der Waals surface area contributed by atoms with E-state index in [-0.39, 0.29) is 0 Å². The van der Waals surface area contributed by atoms with Crippen molar-refractivity contribution in [3.8, 4) is 0 Å². The second kappa shape index (κ2) is 8.66. The molecule has 1 N–H and O–H groups in total. The molecule has 0 spiro atoms. The minimum absolute atomic E-state index is 0.751. The first-order valence-corrected chi connectivity index (χ1v) is 11.0. The highest BCUT2D eigenvalue weighted by atomic mass is 15.3. The second-order valence-corrected chi connectivity index (χ2v) is 8.51. The molecule has 5 rings (SSSR count). The molecule has 0 saturated carbocycles. The normalized spacial score (nSPS) is 20.4. The summed E-state index contributed by atoms with van der Waals surface area (Å²) in [4.78, 5) is 16.1. The van der Waals surface area contributed by atoms with Gasteiger partial charge < -0.3 is 4.98 Å². The second-order valence-electron chi connectivity index (χ2n) is 8.51. The molecular weight excluding hydrogens is 358 g/mol. The van der Waals surface area contributed by atoms with Crippen molar-refractivity contribution in [1.29, 1.82) is 0 Å². The van der Waals surface area contributed by atoms with E-state index in [1.54, 1.807) is 0 Å². The highest BCUT2D eigenvalue weighted by Gasteiger charge is 2.27. The Kier molecular flexibility index (Phi) is 5.61. The fourth-order valence-corrected chi connectivity index (χ4v) is 4.86. The molecule has 3 heterocycles. The van der Waals surface area contributed by atoms with Crippen molar-refractivity contribution in [3.05, 3.63) is 66.0 Å². The number of likely N-dealkylation sites (tertiary alicyclic amines) is 1. The molecule has 2 saturated heterocycles. The maximum absolute atomic E-state index is 4.75. The Balaban J connectivity index is 1.08. The van der Waals surface area contributed by atoms with Crippen LogP contribution in [-0.2, 0) is 13.1 Å². The Hall–Kier alpha value is -2.21. The Labute approximate surface area is 173 Å². The van der Waals surface area contributed by atoms with Crippen molar-refractivity contribution >= 4 is 11.0 Å². The predicted octanol–water partition coefficient (Wildman–Crippen LogP) is 3.35. The summed E-state index contributed by atoms with van der Waals surface area (Å²) >= 11 is 0. The van der Waals surface area contributed by atoms with Gasteiger partial charge in [-0.3, -0.25) is 14.7 Å². The van der Waals surface area contributed by atoms with Crippen molar-refractivity contribution in [2.75, 3.05) is 39.3 Å². The van der Waals surface area contributed by atoms with Crippen LogP contribution in [0, 0.1) is 0 Å². The van der Waals surface area contributed by atoms with Crippen molar-refractivity contribution in [2.24, 2.45) is 0 Å². The van der Waals surface area contributed by atoms with Gasteiger partial charge in [-0.2, -0.15) is 0 Å². The quantitative estimate of drug-likeness (QED) is 0.726. The van der Waals surface area contributed by atoms with Crippen LogP contribution in [0.3, 0.4) is 0 Å². The SMILES string of the molecule is c1ccc(CN2CCN(C3CCN(Cc4nc5ccccc5[nH]4)CC3)CC2)cc1. The smallest absolute Gasteiger partial charge is 0.121 e. The third-order valence-corrected chi connectivity index (χ3v) is 6.54. The summed E-state index contributed by atoms with van der Waals surface area (Å²) in [6.07, 6.45) is 2.55. The number of hydrogen-bond acceptors (Lipinski definition) is 4. The van der Waals surface area contributed by atoms with Crippen LogP contribution in [0.5, 0.6) is 0 Å².